The molecule has 170 valence electrons. The molecule has 0 spiro atoms. The molecular formula is C29H33N3O. The Labute approximate surface area is 197 Å². The van der Waals surface area contributed by atoms with E-state index in [0.29, 0.717) is 6.54 Å². The first-order chi connectivity index (χ1) is 15.7. The fourth-order valence-corrected chi connectivity index (χ4v) is 4.57. The van der Waals surface area contributed by atoms with Crippen molar-refractivity contribution in [2.24, 2.45) is 5.41 Å². The number of carbonyl (C=O) groups excluding carboxylic acids is 1. The Morgan fingerprint density at radius 1 is 1.03 bits per heavy atom. The molecule has 1 unspecified atom stereocenters. The van der Waals surface area contributed by atoms with Gasteiger partial charge in [-0.2, -0.15) is 0 Å². The summed E-state index contributed by atoms with van der Waals surface area (Å²) in [6, 6.07) is 22.9. The van der Waals surface area contributed by atoms with Crippen molar-refractivity contribution in [2.75, 3.05) is 25.5 Å². The van der Waals surface area contributed by atoms with E-state index in [0.717, 1.165) is 29.1 Å². The quantitative estimate of drug-likeness (QED) is 0.479. The molecule has 1 aromatic heterocycles. The van der Waals surface area contributed by atoms with Crippen LogP contribution in [0.3, 0.4) is 0 Å². The van der Waals surface area contributed by atoms with Crippen molar-refractivity contribution in [3.8, 4) is 0 Å². The number of aromatic nitrogens is 1. The van der Waals surface area contributed by atoms with Gasteiger partial charge in [0.05, 0.1) is 11.7 Å². The average Bonchev–Trinajstić information content (AvgIpc) is 2.79. The second kappa shape index (κ2) is 9.32. The van der Waals surface area contributed by atoms with Crippen LogP contribution in [0.25, 0.3) is 6.08 Å². The van der Waals surface area contributed by atoms with Crippen LogP contribution >= 0.6 is 0 Å². The van der Waals surface area contributed by atoms with E-state index in [2.05, 4.69) is 84.1 Å². The van der Waals surface area contributed by atoms with Crippen LogP contribution in [0.1, 0.15) is 42.3 Å². The number of rotatable bonds is 5. The minimum absolute atomic E-state index is 0.134. The number of hydrogen-bond acceptors (Lipinski definition) is 4. The number of pyridine rings is 1. The Hall–Kier alpha value is -3.24. The minimum Gasteiger partial charge on any atom is -0.378 e. The predicted molar refractivity (Wildman–Crippen MR) is 136 cm³/mol. The van der Waals surface area contributed by atoms with Crippen molar-refractivity contribution in [3.05, 3.63) is 101 Å². The van der Waals surface area contributed by atoms with Gasteiger partial charge >= 0.3 is 0 Å². The molecule has 33 heavy (non-hydrogen) atoms. The molecule has 4 rings (SSSR count). The Balaban J connectivity index is 1.82. The highest BCUT2D eigenvalue weighted by Crippen LogP contribution is 2.42. The van der Waals surface area contributed by atoms with Gasteiger partial charge in [-0.3, -0.25) is 14.7 Å². The lowest BCUT2D eigenvalue weighted by Gasteiger charge is -2.44. The molecule has 4 nitrogen and oxygen atoms in total. The largest absolute Gasteiger partial charge is 0.378 e. The molecular weight excluding hydrogens is 406 g/mol. The van der Waals surface area contributed by atoms with Crippen LogP contribution in [0.2, 0.25) is 0 Å². The maximum atomic E-state index is 13.7. The van der Waals surface area contributed by atoms with Gasteiger partial charge in [0, 0.05) is 50.1 Å². The van der Waals surface area contributed by atoms with Gasteiger partial charge in [-0.25, -0.2) is 0 Å². The molecule has 1 fully saturated rings. The van der Waals surface area contributed by atoms with Crippen molar-refractivity contribution >= 4 is 17.5 Å². The van der Waals surface area contributed by atoms with E-state index in [1.54, 1.807) is 6.20 Å². The fourth-order valence-electron chi connectivity index (χ4n) is 4.57. The maximum absolute atomic E-state index is 13.7. The lowest BCUT2D eigenvalue weighted by atomic mass is 9.74. The van der Waals surface area contributed by atoms with Crippen LogP contribution < -0.4 is 4.90 Å². The van der Waals surface area contributed by atoms with Gasteiger partial charge in [-0.15, -0.1) is 0 Å². The van der Waals surface area contributed by atoms with Crippen LogP contribution in [0.5, 0.6) is 0 Å². The SMILES string of the molecule is Cc1ccc(CN2CC(C)(C)C(=O)/C(=C/c3ccccn3)C2c2ccc(N(C)C)cc2)cc1. The van der Waals surface area contributed by atoms with Crippen molar-refractivity contribution in [3.63, 3.8) is 0 Å². The number of carbonyl (C=O) groups is 1. The van der Waals surface area contributed by atoms with Crippen molar-refractivity contribution in [2.45, 2.75) is 33.4 Å². The first-order valence-corrected chi connectivity index (χ1v) is 11.5. The Morgan fingerprint density at radius 3 is 2.33 bits per heavy atom. The maximum Gasteiger partial charge on any atom is 0.167 e. The summed E-state index contributed by atoms with van der Waals surface area (Å²) >= 11 is 0. The van der Waals surface area contributed by atoms with Crippen molar-refractivity contribution in [1.82, 2.24) is 9.88 Å². The number of likely N-dealkylation sites (tertiary alicyclic amines) is 1. The third-order valence-electron chi connectivity index (χ3n) is 6.36. The number of Topliss-reactive ketones (excluding diaryl/α,β-unsaturated/α-hetero) is 1. The molecule has 0 aliphatic carbocycles. The van der Waals surface area contributed by atoms with E-state index in [1.165, 1.54) is 11.1 Å². The summed E-state index contributed by atoms with van der Waals surface area (Å²) in [5.74, 6) is 0.190. The van der Waals surface area contributed by atoms with Gasteiger partial charge < -0.3 is 4.90 Å². The molecule has 0 saturated carbocycles. The molecule has 1 saturated heterocycles. The number of anilines is 1. The summed E-state index contributed by atoms with van der Waals surface area (Å²) in [6.45, 7) is 7.68. The van der Waals surface area contributed by atoms with E-state index in [4.69, 9.17) is 0 Å². The molecule has 0 bridgehead atoms. The highest BCUT2D eigenvalue weighted by molar-refractivity contribution is 6.05. The van der Waals surface area contributed by atoms with Gasteiger partial charge in [0.1, 0.15) is 0 Å². The summed E-state index contributed by atoms with van der Waals surface area (Å²) < 4.78 is 0. The lowest BCUT2D eigenvalue weighted by Crippen LogP contribution is -2.49. The highest BCUT2D eigenvalue weighted by Gasteiger charge is 2.43. The summed E-state index contributed by atoms with van der Waals surface area (Å²) in [6.07, 6.45) is 3.76. The summed E-state index contributed by atoms with van der Waals surface area (Å²) in [5.41, 5.74) is 5.89. The number of hydrogen-bond donors (Lipinski definition) is 0. The third-order valence-corrected chi connectivity index (χ3v) is 6.36. The summed E-state index contributed by atoms with van der Waals surface area (Å²) in [5, 5.41) is 0. The highest BCUT2D eigenvalue weighted by atomic mass is 16.1. The van der Waals surface area contributed by atoms with E-state index in [-0.39, 0.29) is 11.8 Å². The second-order valence-electron chi connectivity index (χ2n) is 9.85. The zero-order valence-electron chi connectivity index (χ0n) is 20.2. The first kappa shape index (κ1) is 22.9. The monoisotopic (exact) mass is 439 g/mol. The Bertz CT molecular complexity index is 1130. The number of benzene rings is 2. The molecule has 0 radical (unpaired) electrons. The first-order valence-electron chi connectivity index (χ1n) is 11.5. The molecule has 2 heterocycles. The smallest absolute Gasteiger partial charge is 0.167 e. The lowest BCUT2D eigenvalue weighted by molar-refractivity contribution is -0.128. The molecule has 1 aliphatic rings. The van der Waals surface area contributed by atoms with Gasteiger partial charge in [0.15, 0.2) is 5.78 Å². The van der Waals surface area contributed by atoms with E-state index in [1.807, 2.05) is 38.4 Å². The standard InChI is InChI=1S/C29H33N3O/c1-21-9-11-22(12-10-21)19-32-20-29(2,3)28(33)26(18-24-8-6-7-17-30-24)27(32)23-13-15-25(16-14-23)31(4)5/h6-18,27H,19-20H2,1-5H3/b26-18+. The van der Waals surface area contributed by atoms with Gasteiger partial charge in [-0.1, -0.05) is 61.9 Å². The topological polar surface area (TPSA) is 36.4 Å². The molecule has 3 aromatic rings. The molecule has 0 amide bonds. The van der Waals surface area contributed by atoms with Crippen LogP contribution in [0.4, 0.5) is 5.69 Å². The van der Waals surface area contributed by atoms with Crippen molar-refractivity contribution < 1.29 is 4.79 Å². The Morgan fingerprint density at radius 2 is 1.73 bits per heavy atom. The number of piperidine rings is 1. The molecule has 1 aliphatic heterocycles. The number of ketones is 1. The predicted octanol–water partition coefficient (Wildman–Crippen LogP) is 5.69. The molecule has 1 atom stereocenters. The molecule has 4 heteroatoms. The van der Waals surface area contributed by atoms with Crippen LogP contribution in [0.15, 0.2) is 78.5 Å². The van der Waals surface area contributed by atoms with E-state index in [9.17, 15) is 4.79 Å². The van der Waals surface area contributed by atoms with Gasteiger partial charge in [-0.05, 0) is 48.4 Å². The second-order valence-corrected chi connectivity index (χ2v) is 9.85. The zero-order valence-corrected chi connectivity index (χ0v) is 20.2. The van der Waals surface area contributed by atoms with Crippen molar-refractivity contribution in [1.29, 1.82) is 0 Å². The van der Waals surface area contributed by atoms with E-state index < -0.39 is 5.41 Å². The van der Waals surface area contributed by atoms with Crippen LogP contribution in [-0.4, -0.2) is 36.3 Å². The summed E-state index contributed by atoms with van der Waals surface area (Å²) in [7, 11) is 4.08. The third kappa shape index (κ3) is 5.07. The minimum atomic E-state index is -0.481. The van der Waals surface area contributed by atoms with Gasteiger partial charge in [0.25, 0.3) is 0 Å². The average molecular weight is 440 g/mol. The normalized spacial score (nSPS) is 19.6. The van der Waals surface area contributed by atoms with Crippen LogP contribution in [-0.2, 0) is 11.3 Å². The van der Waals surface area contributed by atoms with Gasteiger partial charge in [0.2, 0.25) is 0 Å². The van der Waals surface area contributed by atoms with E-state index >= 15 is 0 Å². The zero-order chi connectivity index (χ0) is 23.6. The molecule has 0 N–H and O–H groups in total. The fraction of sp³-hybridized carbons (Fsp3) is 0.310. The van der Waals surface area contributed by atoms with Crippen LogP contribution in [0, 0.1) is 12.3 Å². The number of nitrogens with zero attached hydrogens (tertiary/aromatic N) is 3. The summed E-state index contributed by atoms with van der Waals surface area (Å²) in [4.78, 5) is 22.7. The molecule has 2 aromatic carbocycles. The Kier molecular flexibility index (Phi) is 6.48. The number of aryl methyl sites for hydroxylation is 1.